The maximum absolute atomic E-state index is 12.0. The van der Waals surface area contributed by atoms with E-state index in [-0.39, 0.29) is 12.5 Å². The number of carbonyl (C=O) groups is 1. The molecule has 0 aliphatic heterocycles. The Balaban J connectivity index is 1.86. The van der Waals surface area contributed by atoms with E-state index in [0.29, 0.717) is 18.3 Å². The zero-order chi connectivity index (χ0) is 16.7. The Hall–Kier alpha value is -1.76. The van der Waals surface area contributed by atoms with Gasteiger partial charge in [0.1, 0.15) is 11.5 Å². The second kappa shape index (κ2) is 8.76. The maximum Gasteiger partial charge on any atom is 0.262 e. The van der Waals surface area contributed by atoms with Crippen molar-refractivity contribution in [3.8, 4) is 11.5 Å². The molecule has 0 atom stereocenters. The standard InChI is InChI=1S/C18H20INO3/c1-13(2)11-22-14-6-5-7-15(10-14)23-12-18(21)20-17-9-4-3-8-16(17)19/h3-10,13H,11-12H2,1-2H3,(H,20,21). The summed E-state index contributed by atoms with van der Waals surface area (Å²) in [6.07, 6.45) is 0. The van der Waals surface area contributed by atoms with Crippen LogP contribution in [0.15, 0.2) is 48.5 Å². The highest BCUT2D eigenvalue weighted by atomic mass is 127. The number of halogens is 1. The summed E-state index contributed by atoms with van der Waals surface area (Å²) >= 11 is 2.18. The number of ether oxygens (including phenoxy) is 2. The molecule has 0 aliphatic rings. The smallest absolute Gasteiger partial charge is 0.262 e. The molecule has 0 heterocycles. The second-order valence-electron chi connectivity index (χ2n) is 5.50. The first kappa shape index (κ1) is 17.6. The molecule has 2 aromatic rings. The lowest BCUT2D eigenvalue weighted by Gasteiger charge is -2.11. The number of rotatable bonds is 7. The Morgan fingerprint density at radius 3 is 2.48 bits per heavy atom. The van der Waals surface area contributed by atoms with E-state index in [1.54, 1.807) is 6.07 Å². The molecule has 0 unspecified atom stereocenters. The van der Waals surface area contributed by atoms with E-state index < -0.39 is 0 Å². The number of nitrogens with one attached hydrogen (secondary N) is 1. The molecule has 2 aromatic carbocycles. The lowest BCUT2D eigenvalue weighted by Crippen LogP contribution is -2.20. The van der Waals surface area contributed by atoms with Gasteiger partial charge >= 0.3 is 0 Å². The van der Waals surface area contributed by atoms with Crippen molar-refractivity contribution in [3.63, 3.8) is 0 Å². The molecule has 0 fully saturated rings. The fourth-order valence-electron chi connectivity index (χ4n) is 1.81. The van der Waals surface area contributed by atoms with Gasteiger partial charge in [0.2, 0.25) is 0 Å². The van der Waals surface area contributed by atoms with Gasteiger partial charge in [-0.15, -0.1) is 0 Å². The second-order valence-corrected chi connectivity index (χ2v) is 6.66. The number of para-hydroxylation sites is 1. The fourth-order valence-corrected chi connectivity index (χ4v) is 2.34. The van der Waals surface area contributed by atoms with Crippen LogP contribution in [0.1, 0.15) is 13.8 Å². The molecule has 0 aromatic heterocycles. The highest BCUT2D eigenvalue weighted by molar-refractivity contribution is 14.1. The third-order valence-corrected chi connectivity index (χ3v) is 3.85. The minimum Gasteiger partial charge on any atom is -0.493 e. The summed E-state index contributed by atoms with van der Waals surface area (Å²) in [5.74, 6) is 1.62. The topological polar surface area (TPSA) is 47.6 Å². The molecule has 0 bridgehead atoms. The van der Waals surface area contributed by atoms with Crippen LogP contribution in [0.5, 0.6) is 11.5 Å². The molecule has 5 heteroatoms. The van der Waals surface area contributed by atoms with Gasteiger partial charge in [0.15, 0.2) is 6.61 Å². The van der Waals surface area contributed by atoms with E-state index in [1.807, 2.05) is 42.5 Å². The summed E-state index contributed by atoms with van der Waals surface area (Å²) in [7, 11) is 0. The van der Waals surface area contributed by atoms with Crippen LogP contribution < -0.4 is 14.8 Å². The molecule has 122 valence electrons. The van der Waals surface area contributed by atoms with Crippen LogP contribution in [0, 0.1) is 9.49 Å². The molecule has 0 spiro atoms. The maximum atomic E-state index is 12.0. The van der Waals surface area contributed by atoms with E-state index >= 15 is 0 Å². The molecule has 1 N–H and O–H groups in total. The van der Waals surface area contributed by atoms with Crippen molar-refractivity contribution < 1.29 is 14.3 Å². The van der Waals surface area contributed by atoms with Crippen molar-refractivity contribution in [2.45, 2.75) is 13.8 Å². The van der Waals surface area contributed by atoms with Crippen molar-refractivity contribution in [1.29, 1.82) is 0 Å². The molecule has 0 radical (unpaired) electrons. The zero-order valence-corrected chi connectivity index (χ0v) is 15.4. The third-order valence-electron chi connectivity index (χ3n) is 2.91. The van der Waals surface area contributed by atoms with E-state index in [0.717, 1.165) is 15.0 Å². The Labute approximate surface area is 150 Å². The molecule has 2 rings (SSSR count). The first-order valence-corrected chi connectivity index (χ1v) is 8.52. The summed E-state index contributed by atoms with van der Waals surface area (Å²) in [5, 5.41) is 2.83. The summed E-state index contributed by atoms with van der Waals surface area (Å²) in [4.78, 5) is 12.0. The van der Waals surface area contributed by atoms with Crippen LogP contribution in [0.25, 0.3) is 0 Å². The predicted molar refractivity (Wildman–Crippen MR) is 100 cm³/mol. The monoisotopic (exact) mass is 425 g/mol. The van der Waals surface area contributed by atoms with E-state index in [1.165, 1.54) is 0 Å². The Morgan fingerprint density at radius 1 is 1.09 bits per heavy atom. The zero-order valence-electron chi connectivity index (χ0n) is 13.2. The number of benzene rings is 2. The average Bonchev–Trinajstić information content (AvgIpc) is 2.54. The van der Waals surface area contributed by atoms with Crippen LogP contribution in [0.3, 0.4) is 0 Å². The highest BCUT2D eigenvalue weighted by Gasteiger charge is 2.07. The van der Waals surface area contributed by atoms with Crippen molar-refractivity contribution in [1.82, 2.24) is 0 Å². The van der Waals surface area contributed by atoms with Gasteiger partial charge in [0.25, 0.3) is 5.91 Å². The lowest BCUT2D eigenvalue weighted by molar-refractivity contribution is -0.118. The van der Waals surface area contributed by atoms with Gasteiger partial charge in [-0.05, 0) is 52.8 Å². The van der Waals surface area contributed by atoms with E-state index in [9.17, 15) is 4.79 Å². The van der Waals surface area contributed by atoms with Gasteiger partial charge in [-0.3, -0.25) is 4.79 Å². The Morgan fingerprint density at radius 2 is 1.78 bits per heavy atom. The Bertz CT molecular complexity index is 658. The number of amides is 1. The average molecular weight is 425 g/mol. The van der Waals surface area contributed by atoms with Crippen LogP contribution in [-0.2, 0) is 4.79 Å². The number of hydrogen-bond donors (Lipinski definition) is 1. The number of anilines is 1. The quantitative estimate of drug-likeness (QED) is 0.672. The fraction of sp³-hybridized carbons (Fsp3) is 0.278. The van der Waals surface area contributed by atoms with Crippen LogP contribution in [-0.4, -0.2) is 19.1 Å². The molecular formula is C18H20INO3. The summed E-state index contributed by atoms with van der Waals surface area (Å²) in [6, 6.07) is 14.9. The van der Waals surface area contributed by atoms with Gasteiger partial charge in [-0.1, -0.05) is 32.0 Å². The third kappa shape index (κ3) is 6.09. The van der Waals surface area contributed by atoms with E-state index in [2.05, 4.69) is 41.8 Å². The van der Waals surface area contributed by atoms with Crippen LogP contribution in [0.4, 0.5) is 5.69 Å². The highest BCUT2D eigenvalue weighted by Crippen LogP contribution is 2.20. The summed E-state index contributed by atoms with van der Waals surface area (Å²) in [5.41, 5.74) is 0.788. The van der Waals surface area contributed by atoms with Gasteiger partial charge in [-0.2, -0.15) is 0 Å². The molecule has 1 amide bonds. The van der Waals surface area contributed by atoms with Crippen LogP contribution >= 0.6 is 22.6 Å². The van der Waals surface area contributed by atoms with E-state index in [4.69, 9.17) is 9.47 Å². The van der Waals surface area contributed by atoms with Gasteiger partial charge in [-0.25, -0.2) is 0 Å². The van der Waals surface area contributed by atoms with Crippen molar-refractivity contribution in [2.24, 2.45) is 5.92 Å². The van der Waals surface area contributed by atoms with Crippen molar-refractivity contribution in [3.05, 3.63) is 52.1 Å². The Kier molecular flexibility index (Phi) is 6.70. The minimum atomic E-state index is -0.192. The molecule has 0 saturated heterocycles. The molecule has 23 heavy (non-hydrogen) atoms. The molecule has 4 nitrogen and oxygen atoms in total. The van der Waals surface area contributed by atoms with Crippen LogP contribution in [0.2, 0.25) is 0 Å². The normalized spacial score (nSPS) is 10.4. The van der Waals surface area contributed by atoms with Gasteiger partial charge < -0.3 is 14.8 Å². The summed E-state index contributed by atoms with van der Waals surface area (Å²) < 4.78 is 12.2. The first-order chi connectivity index (χ1) is 11.0. The summed E-state index contributed by atoms with van der Waals surface area (Å²) in [6.45, 7) is 4.79. The SMILES string of the molecule is CC(C)COc1cccc(OCC(=O)Nc2ccccc2I)c1. The molecule has 0 saturated carbocycles. The van der Waals surface area contributed by atoms with Crippen molar-refractivity contribution >= 4 is 34.2 Å². The largest absolute Gasteiger partial charge is 0.493 e. The van der Waals surface area contributed by atoms with Gasteiger partial charge in [0.05, 0.1) is 12.3 Å². The predicted octanol–water partition coefficient (Wildman–Crippen LogP) is 4.34. The first-order valence-electron chi connectivity index (χ1n) is 7.44. The minimum absolute atomic E-state index is 0.0430. The molecule has 0 aliphatic carbocycles. The van der Waals surface area contributed by atoms with Gasteiger partial charge in [0, 0.05) is 9.64 Å². The molecular weight excluding hydrogens is 405 g/mol. The number of hydrogen-bond acceptors (Lipinski definition) is 3. The number of carbonyl (C=O) groups excluding carboxylic acids is 1. The lowest BCUT2D eigenvalue weighted by atomic mass is 10.2. The van der Waals surface area contributed by atoms with Crippen molar-refractivity contribution in [2.75, 3.05) is 18.5 Å².